The Morgan fingerprint density at radius 1 is 1.21 bits per heavy atom. The van der Waals surface area contributed by atoms with Gasteiger partial charge in [0.2, 0.25) is 11.8 Å². The second-order valence-corrected chi connectivity index (χ2v) is 7.53. The number of carbonyl (C=O) groups excluding carboxylic acids is 3. The molecule has 3 amide bonds. The summed E-state index contributed by atoms with van der Waals surface area (Å²) in [6.07, 6.45) is 1.74. The van der Waals surface area contributed by atoms with Gasteiger partial charge in [0.1, 0.15) is 0 Å². The zero-order valence-corrected chi connectivity index (χ0v) is 19.5. The smallest absolute Gasteiger partial charge is 0.271 e. The molecule has 10 nitrogen and oxygen atoms in total. The van der Waals surface area contributed by atoms with E-state index in [1.54, 1.807) is 6.92 Å². The fraction of sp³-hybridized carbons (Fsp3) is 0.348. The fourth-order valence-corrected chi connectivity index (χ4v) is 3.07. The van der Waals surface area contributed by atoms with Gasteiger partial charge in [0.25, 0.3) is 5.91 Å². The van der Waals surface area contributed by atoms with Crippen LogP contribution in [0.2, 0.25) is 0 Å². The normalized spacial score (nSPS) is 10.3. The van der Waals surface area contributed by atoms with Crippen LogP contribution in [0.1, 0.15) is 28.7 Å². The van der Waals surface area contributed by atoms with Gasteiger partial charge >= 0.3 is 0 Å². The Labute approximate surface area is 193 Å². The standard InChI is InChI=1S/C23H31N7O3/c1-6-19(32)30(5)14-18(31)25-12-11-16-9-8-10-17(13-16)27-22-20(21(24)33)26-15(3)23(28-22)29(4)7-2/h6,8-10,13H,1,7,11-12,14H2,2-5H3,(H2,24,33)(H,25,31)(H,27,28). The first-order valence-corrected chi connectivity index (χ1v) is 10.6. The summed E-state index contributed by atoms with van der Waals surface area (Å²) in [7, 11) is 3.43. The lowest BCUT2D eigenvalue weighted by Gasteiger charge is -2.20. The summed E-state index contributed by atoms with van der Waals surface area (Å²) in [5.41, 5.74) is 7.87. The Bertz CT molecular complexity index is 1040. The number of nitrogens with zero attached hydrogens (tertiary/aromatic N) is 4. The van der Waals surface area contributed by atoms with E-state index < -0.39 is 5.91 Å². The Kier molecular flexibility index (Phi) is 8.90. The first kappa shape index (κ1) is 25.3. The molecule has 0 unspecified atom stereocenters. The molecule has 0 fully saturated rings. The number of primary amides is 1. The maximum atomic E-state index is 12.0. The number of aromatic nitrogens is 2. The lowest BCUT2D eigenvalue weighted by Crippen LogP contribution is -2.38. The van der Waals surface area contributed by atoms with Crippen molar-refractivity contribution in [3.63, 3.8) is 0 Å². The number of aryl methyl sites for hydroxylation is 1. The van der Waals surface area contributed by atoms with Gasteiger partial charge in [-0.2, -0.15) is 0 Å². The van der Waals surface area contributed by atoms with Crippen LogP contribution in [0.4, 0.5) is 17.3 Å². The molecule has 0 radical (unpaired) electrons. The lowest BCUT2D eigenvalue weighted by atomic mass is 10.1. The quantitative estimate of drug-likeness (QED) is 0.438. The molecule has 0 saturated carbocycles. The van der Waals surface area contributed by atoms with Gasteiger partial charge < -0.3 is 26.2 Å². The van der Waals surface area contributed by atoms with E-state index in [-0.39, 0.29) is 29.9 Å². The molecule has 0 spiro atoms. The van der Waals surface area contributed by atoms with Crippen molar-refractivity contribution in [3.05, 3.63) is 53.9 Å². The van der Waals surface area contributed by atoms with Crippen LogP contribution in [0.5, 0.6) is 0 Å². The second-order valence-electron chi connectivity index (χ2n) is 7.53. The third kappa shape index (κ3) is 7.03. The largest absolute Gasteiger partial charge is 0.364 e. The van der Waals surface area contributed by atoms with Crippen LogP contribution >= 0.6 is 0 Å². The summed E-state index contributed by atoms with van der Waals surface area (Å²) >= 11 is 0. The van der Waals surface area contributed by atoms with E-state index in [1.165, 1.54) is 11.9 Å². The molecule has 4 N–H and O–H groups in total. The van der Waals surface area contributed by atoms with E-state index in [9.17, 15) is 14.4 Å². The van der Waals surface area contributed by atoms with E-state index in [2.05, 4.69) is 27.2 Å². The summed E-state index contributed by atoms with van der Waals surface area (Å²) in [6.45, 7) is 8.27. The topological polar surface area (TPSA) is 134 Å². The SMILES string of the molecule is C=CC(=O)N(C)CC(=O)NCCc1cccc(Nc2nc(N(C)CC)c(C)nc2C(N)=O)c1. The summed E-state index contributed by atoms with van der Waals surface area (Å²) in [5.74, 6) is -0.299. The van der Waals surface area contributed by atoms with E-state index >= 15 is 0 Å². The van der Waals surface area contributed by atoms with Crippen LogP contribution < -0.4 is 21.3 Å². The number of carbonyl (C=O) groups is 3. The molecular formula is C23H31N7O3. The average Bonchev–Trinajstić information content (AvgIpc) is 2.78. The average molecular weight is 454 g/mol. The number of benzene rings is 1. The third-order valence-corrected chi connectivity index (χ3v) is 4.97. The van der Waals surface area contributed by atoms with E-state index in [1.807, 2.05) is 43.1 Å². The highest BCUT2D eigenvalue weighted by Crippen LogP contribution is 2.24. The van der Waals surface area contributed by atoms with Crippen molar-refractivity contribution in [3.8, 4) is 0 Å². The van der Waals surface area contributed by atoms with Crippen molar-refractivity contribution in [2.75, 3.05) is 43.9 Å². The number of nitrogens with one attached hydrogen (secondary N) is 2. The van der Waals surface area contributed by atoms with Crippen LogP contribution in [0.15, 0.2) is 36.9 Å². The molecule has 176 valence electrons. The second kappa shape index (κ2) is 11.6. The molecule has 1 aromatic carbocycles. The van der Waals surface area contributed by atoms with Crippen molar-refractivity contribution < 1.29 is 14.4 Å². The lowest BCUT2D eigenvalue weighted by molar-refractivity contribution is -0.131. The number of rotatable bonds is 11. The van der Waals surface area contributed by atoms with Gasteiger partial charge in [-0.1, -0.05) is 18.7 Å². The minimum atomic E-state index is -0.669. The molecule has 2 rings (SSSR count). The van der Waals surface area contributed by atoms with Crippen molar-refractivity contribution in [2.45, 2.75) is 20.3 Å². The minimum Gasteiger partial charge on any atom is -0.364 e. The molecule has 0 aliphatic heterocycles. The molecular weight excluding hydrogens is 422 g/mol. The van der Waals surface area contributed by atoms with E-state index in [4.69, 9.17) is 5.73 Å². The predicted octanol–water partition coefficient (Wildman–Crippen LogP) is 1.39. The molecule has 0 atom stereocenters. The fourth-order valence-electron chi connectivity index (χ4n) is 3.07. The molecule has 33 heavy (non-hydrogen) atoms. The molecule has 0 aliphatic carbocycles. The van der Waals surface area contributed by atoms with E-state index in [0.717, 1.165) is 18.2 Å². The van der Waals surface area contributed by atoms with Crippen LogP contribution in [0.3, 0.4) is 0 Å². The number of nitrogens with two attached hydrogens (primary N) is 1. The molecule has 0 aliphatic rings. The van der Waals surface area contributed by atoms with Gasteiger partial charge in [0.05, 0.1) is 12.2 Å². The summed E-state index contributed by atoms with van der Waals surface area (Å²) in [6, 6.07) is 7.53. The monoisotopic (exact) mass is 453 g/mol. The minimum absolute atomic E-state index is 0.0387. The van der Waals surface area contributed by atoms with Crippen LogP contribution in [0, 0.1) is 6.92 Å². The van der Waals surface area contributed by atoms with Gasteiger partial charge in [0, 0.05) is 32.9 Å². The van der Waals surface area contributed by atoms with Crippen LogP contribution in [-0.4, -0.2) is 66.3 Å². The van der Waals surface area contributed by atoms with Gasteiger partial charge in [-0.05, 0) is 44.0 Å². The predicted molar refractivity (Wildman–Crippen MR) is 129 cm³/mol. The first-order chi connectivity index (χ1) is 15.7. The van der Waals surface area contributed by atoms with Gasteiger partial charge in [-0.15, -0.1) is 0 Å². The van der Waals surface area contributed by atoms with Crippen molar-refractivity contribution in [1.82, 2.24) is 20.2 Å². The molecule has 1 aromatic heterocycles. The molecule has 10 heteroatoms. The maximum Gasteiger partial charge on any atom is 0.271 e. The summed E-state index contributed by atoms with van der Waals surface area (Å²) in [4.78, 5) is 47.5. The Morgan fingerprint density at radius 3 is 2.58 bits per heavy atom. The van der Waals surface area contributed by atoms with Crippen molar-refractivity contribution >= 4 is 35.0 Å². The van der Waals surface area contributed by atoms with E-state index in [0.29, 0.717) is 30.2 Å². The summed E-state index contributed by atoms with van der Waals surface area (Å²) < 4.78 is 0. The van der Waals surface area contributed by atoms with Gasteiger partial charge in [-0.3, -0.25) is 14.4 Å². The zero-order chi connectivity index (χ0) is 24.5. The number of hydrogen-bond acceptors (Lipinski definition) is 7. The maximum absolute atomic E-state index is 12.0. The molecule has 2 aromatic rings. The Morgan fingerprint density at radius 2 is 1.94 bits per heavy atom. The Hall–Kier alpha value is -3.95. The summed E-state index contributed by atoms with van der Waals surface area (Å²) in [5, 5.41) is 5.93. The van der Waals surface area contributed by atoms with Crippen molar-refractivity contribution in [2.24, 2.45) is 5.73 Å². The number of hydrogen-bond donors (Lipinski definition) is 3. The number of anilines is 3. The Balaban J connectivity index is 2.09. The zero-order valence-electron chi connectivity index (χ0n) is 19.5. The highest BCUT2D eigenvalue weighted by atomic mass is 16.2. The number of amides is 3. The van der Waals surface area contributed by atoms with Crippen LogP contribution in [0.25, 0.3) is 0 Å². The highest BCUT2D eigenvalue weighted by molar-refractivity contribution is 5.96. The highest BCUT2D eigenvalue weighted by Gasteiger charge is 2.17. The first-order valence-electron chi connectivity index (χ1n) is 10.6. The molecule has 0 bridgehead atoms. The van der Waals surface area contributed by atoms with Crippen molar-refractivity contribution in [1.29, 1.82) is 0 Å². The number of likely N-dealkylation sites (N-methyl/N-ethyl adjacent to an activating group) is 1. The van der Waals surface area contributed by atoms with Crippen LogP contribution in [-0.2, 0) is 16.0 Å². The van der Waals surface area contributed by atoms with Gasteiger partial charge in [-0.25, -0.2) is 9.97 Å². The van der Waals surface area contributed by atoms with Gasteiger partial charge in [0.15, 0.2) is 17.3 Å². The molecule has 1 heterocycles. The molecule has 0 saturated heterocycles. The third-order valence-electron chi connectivity index (χ3n) is 4.97.